The Morgan fingerprint density at radius 1 is 1.42 bits per heavy atom. The van der Waals surface area contributed by atoms with E-state index in [1.165, 1.54) is 18.2 Å². The zero-order valence-corrected chi connectivity index (χ0v) is 10.2. The zero-order chi connectivity index (χ0) is 14.0. The molecule has 0 atom stereocenters. The predicted octanol–water partition coefficient (Wildman–Crippen LogP) is 3.07. The maximum absolute atomic E-state index is 11.9. The van der Waals surface area contributed by atoms with Crippen LogP contribution in [0.15, 0.2) is 18.2 Å². The van der Waals surface area contributed by atoms with Crippen LogP contribution in [-0.2, 0) is 11.3 Å². The first kappa shape index (κ1) is 13.8. The summed E-state index contributed by atoms with van der Waals surface area (Å²) in [5, 5.41) is 9.19. The zero-order valence-electron chi connectivity index (χ0n) is 9.40. The van der Waals surface area contributed by atoms with Crippen molar-refractivity contribution < 1.29 is 27.8 Å². The van der Waals surface area contributed by atoms with Gasteiger partial charge in [0, 0.05) is 0 Å². The number of carboxylic acid groups (broad SMARTS) is 1. The van der Waals surface area contributed by atoms with Crippen LogP contribution in [0, 0.1) is 0 Å². The molecule has 0 aliphatic heterocycles. The second kappa shape index (κ2) is 5.14. The predicted molar refractivity (Wildman–Crippen MR) is 62.3 cm³/mol. The molecule has 0 fully saturated rings. The smallest absolute Gasteiger partial charge is 0.411 e. The van der Waals surface area contributed by atoms with Crippen LogP contribution in [0.3, 0.4) is 0 Å². The molecule has 0 bridgehead atoms. The van der Waals surface area contributed by atoms with Gasteiger partial charge in [0.1, 0.15) is 11.6 Å². The Balaban J connectivity index is 2.11. The maximum Gasteiger partial charge on any atom is 0.411 e. The first-order valence-corrected chi connectivity index (χ1v) is 5.94. The molecule has 4 nitrogen and oxygen atoms in total. The number of thiazole rings is 1. The van der Waals surface area contributed by atoms with Gasteiger partial charge in [-0.3, -0.25) is 0 Å². The van der Waals surface area contributed by atoms with Gasteiger partial charge < -0.3 is 9.84 Å². The Hall–Kier alpha value is -1.67. The molecule has 0 radical (unpaired) electrons. The number of alkyl halides is 3. The Kier molecular flexibility index (Phi) is 3.72. The Labute approximate surface area is 109 Å². The summed E-state index contributed by atoms with van der Waals surface area (Å²) in [5.41, 5.74) is 0.652. The number of aromatic nitrogens is 1. The highest BCUT2D eigenvalue weighted by atomic mass is 32.1. The molecule has 0 aliphatic rings. The number of carbonyl (C=O) groups is 1. The average molecular weight is 291 g/mol. The topological polar surface area (TPSA) is 59.4 Å². The van der Waals surface area contributed by atoms with Gasteiger partial charge in [0.25, 0.3) is 0 Å². The van der Waals surface area contributed by atoms with Crippen molar-refractivity contribution in [1.29, 1.82) is 0 Å². The van der Waals surface area contributed by atoms with E-state index in [0.717, 1.165) is 11.3 Å². The number of nitrogens with zero attached hydrogens (tertiary/aromatic N) is 1. The largest absolute Gasteiger partial charge is 0.478 e. The molecule has 0 spiro atoms. The molecule has 0 aliphatic carbocycles. The van der Waals surface area contributed by atoms with Crippen molar-refractivity contribution >= 4 is 27.5 Å². The minimum atomic E-state index is -4.37. The highest BCUT2D eigenvalue weighted by Crippen LogP contribution is 2.24. The number of hydrogen-bond acceptors (Lipinski definition) is 4. The molecule has 1 aromatic heterocycles. The standard InChI is InChI=1S/C11H8F3NO3S/c12-11(13,14)5-18-4-9-15-7-2-1-6(10(16)17)3-8(7)19-9/h1-3H,4-5H2,(H,16,17). The minimum absolute atomic E-state index is 0.110. The van der Waals surface area contributed by atoms with Crippen LogP contribution in [0.2, 0.25) is 0 Å². The number of rotatable bonds is 4. The molecular weight excluding hydrogens is 283 g/mol. The third-order valence-corrected chi connectivity index (χ3v) is 3.16. The van der Waals surface area contributed by atoms with Gasteiger partial charge in [0.2, 0.25) is 0 Å². The van der Waals surface area contributed by atoms with Crippen molar-refractivity contribution in [3.63, 3.8) is 0 Å². The summed E-state index contributed by atoms with van der Waals surface area (Å²) < 4.78 is 40.8. The molecule has 102 valence electrons. The van der Waals surface area contributed by atoms with Gasteiger partial charge in [-0.1, -0.05) is 0 Å². The maximum atomic E-state index is 11.9. The van der Waals surface area contributed by atoms with Crippen molar-refractivity contribution in [1.82, 2.24) is 4.98 Å². The summed E-state index contributed by atoms with van der Waals surface area (Å²) in [7, 11) is 0. The van der Waals surface area contributed by atoms with Gasteiger partial charge in [-0.25, -0.2) is 9.78 Å². The summed E-state index contributed by atoms with van der Waals surface area (Å²) in [5.74, 6) is -1.06. The van der Waals surface area contributed by atoms with E-state index in [1.54, 1.807) is 0 Å². The summed E-state index contributed by atoms with van der Waals surface area (Å²) in [6.45, 7) is -1.58. The highest BCUT2D eigenvalue weighted by molar-refractivity contribution is 7.18. The third kappa shape index (κ3) is 3.65. The van der Waals surface area contributed by atoms with E-state index < -0.39 is 18.8 Å². The highest BCUT2D eigenvalue weighted by Gasteiger charge is 2.27. The molecule has 0 saturated carbocycles. The lowest BCUT2D eigenvalue weighted by Gasteiger charge is -2.05. The summed E-state index contributed by atoms with van der Waals surface area (Å²) in [6.07, 6.45) is -4.37. The number of carboxylic acids is 1. The number of hydrogen-bond donors (Lipinski definition) is 1. The second-order valence-corrected chi connectivity index (χ2v) is 4.82. The van der Waals surface area contributed by atoms with Gasteiger partial charge >= 0.3 is 12.1 Å². The Bertz CT molecular complexity index is 609. The normalized spacial score (nSPS) is 11.9. The molecule has 19 heavy (non-hydrogen) atoms. The number of ether oxygens (including phenoxy) is 1. The lowest BCUT2D eigenvalue weighted by atomic mass is 10.2. The van der Waals surface area contributed by atoms with Gasteiger partial charge in [-0.05, 0) is 18.2 Å². The van der Waals surface area contributed by atoms with E-state index in [9.17, 15) is 18.0 Å². The van der Waals surface area contributed by atoms with E-state index in [0.29, 0.717) is 15.2 Å². The first-order valence-electron chi connectivity index (χ1n) is 5.12. The molecule has 2 aromatic rings. The van der Waals surface area contributed by atoms with Crippen molar-refractivity contribution in [2.45, 2.75) is 12.8 Å². The molecular formula is C11H8F3NO3S. The number of benzene rings is 1. The molecule has 0 saturated heterocycles. The van der Waals surface area contributed by atoms with E-state index in [4.69, 9.17) is 5.11 Å². The molecule has 0 amide bonds. The lowest BCUT2D eigenvalue weighted by Crippen LogP contribution is -2.16. The van der Waals surface area contributed by atoms with Crippen molar-refractivity contribution in [3.8, 4) is 0 Å². The quantitative estimate of drug-likeness (QED) is 0.940. The number of halogens is 3. The van der Waals surface area contributed by atoms with Crippen LogP contribution >= 0.6 is 11.3 Å². The number of fused-ring (bicyclic) bond motifs is 1. The summed E-state index contributed by atoms with van der Waals surface area (Å²) >= 11 is 1.11. The fourth-order valence-electron chi connectivity index (χ4n) is 1.42. The van der Waals surface area contributed by atoms with Crippen LogP contribution in [0.5, 0.6) is 0 Å². The SMILES string of the molecule is O=C(O)c1ccc2nc(COCC(F)(F)F)sc2c1. The average Bonchev–Trinajstić information content (AvgIpc) is 2.68. The van der Waals surface area contributed by atoms with Crippen LogP contribution in [0.25, 0.3) is 10.2 Å². The van der Waals surface area contributed by atoms with Crippen LogP contribution in [-0.4, -0.2) is 28.8 Å². The monoisotopic (exact) mass is 291 g/mol. The van der Waals surface area contributed by atoms with Gasteiger partial charge in [0.15, 0.2) is 0 Å². The van der Waals surface area contributed by atoms with Crippen LogP contribution in [0.1, 0.15) is 15.4 Å². The van der Waals surface area contributed by atoms with E-state index in [1.807, 2.05) is 0 Å². The molecule has 1 aromatic carbocycles. The fourth-order valence-corrected chi connectivity index (χ4v) is 2.37. The second-order valence-electron chi connectivity index (χ2n) is 3.70. The lowest BCUT2D eigenvalue weighted by molar-refractivity contribution is -0.176. The Morgan fingerprint density at radius 2 is 2.16 bits per heavy atom. The summed E-state index contributed by atoms with van der Waals surface area (Å²) in [6, 6.07) is 4.34. The van der Waals surface area contributed by atoms with Gasteiger partial charge in [-0.15, -0.1) is 11.3 Å². The molecule has 1 heterocycles. The fraction of sp³-hybridized carbons (Fsp3) is 0.273. The van der Waals surface area contributed by atoms with Crippen molar-refractivity contribution in [2.24, 2.45) is 0 Å². The minimum Gasteiger partial charge on any atom is -0.478 e. The summed E-state index contributed by atoms with van der Waals surface area (Å²) in [4.78, 5) is 14.8. The first-order chi connectivity index (χ1) is 8.85. The van der Waals surface area contributed by atoms with Crippen molar-refractivity contribution in [2.75, 3.05) is 6.61 Å². The Morgan fingerprint density at radius 3 is 2.79 bits per heavy atom. The van der Waals surface area contributed by atoms with Gasteiger partial charge in [-0.2, -0.15) is 13.2 Å². The third-order valence-electron chi connectivity index (χ3n) is 2.17. The molecule has 0 unspecified atom stereocenters. The van der Waals surface area contributed by atoms with Gasteiger partial charge in [0.05, 0.1) is 22.4 Å². The number of aromatic carboxylic acids is 1. The van der Waals surface area contributed by atoms with Crippen LogP contribution < -0.4 is 0 Å². The molecule has 2 rings (SSSR count). The van der Waals surface area contributed by atoms with Crippen molar-refractivity contribution in [3.05, 3.63) is 28.8 Å². The molecule has 1 N–H and O–H groups in total. The van der Waals surface area contributed by atoms with E-state index in [2.05, 4.69) is 9.72 Å². The van der Waals surface area contributed by atoms with E-state index >= 15 is 0 Å². The van der Waals surface area contributed by atoms with Crippen LogP contribution in [0.4, 0.5) is 13.2 Å². The molecule has 8 heteroatoms. The van der Waals surface area contributed by atoms with E-state index in [-0.39, 0.29) is 12.2 Å².